The molecule has 4 heteroatoms. The Labute approximate surface area is 103 Å². The van der Waals surface area contributed by atoms with Crippen LogP contribution in [-0.2, 0) is 6.42 Å². The molecule has 0 amide bonds. The summed E-state index contributed by atoms with van der Waals surface area (Å²) < 4.78 is 10.4. The lowest BCUT2D eigenvalue weighted by Crippen LogP contribution is -2.15. The summed E-state index contributed by atoms with van der Waals surface area (Å²) in [5.41, 5.74) is 6.94. The van der Waals surface area contributed by atoms with Gasteiger partial charge in [-0.05, 0) is 37.5 Å². The van der Waals surface area contributed by atoms with Crippen LogP contribution in [0.5, 0.6) is 11.5 Å². The van der Waals surface area contributed by atoms with Crippen LogP contribution >= 0.6 is 12.4 Å². The number of methoxy groups -OCH3 is 2. The fourth-order valence-corrected chi connectivity index (χ4v) is 1.43. The first-order valence-corrected chi connectivity index (χ1v) is 5.14. The third-order valence-corrected chi connectivity index (χ3v) is 2.34. The van der Waals surface area contributed by atoms with Crippen molar-refractivity contribution in [2.24, 2.45) is 5.73 Å². The van der Waals surface area contributed by atoms with Crippen LogP contribution in [0.2, 0.25) is 0 Å². The van der Waals surface area contributed by atoms with Gasteiger partial charge in [0, 0.05) is 6.04 Å². The molecule has 0 saturated heterocycles. The molecule has 1 atom stereocenters. The molecule has 92 valence electrons. The van der Waals surface area contributed by atoms with E-state index in [1.54, 1.807) is 14.2 Å². The maximum atomic E-state index is 5.71. The van der Waals surface area contributed by atoms with Gasteiger partial charge in [0.2, 0.25) is 0 Å². The summed E-state index contributed by atoms with van der Waals surface area (Å²) in [6.45, 7) is 2.01. The van der Waals surface area contributed by atoms with E-state index in [-0.39, 0.29) is 18.4 Å². The minimum absolute atomic E-state index is 0. The summed E-state index contributed by atoms with van der Waals surface area (Å²) >= 11 is 0. The number of nitrogens with two attached hydrogens (primary N) is 1. The Kier molecular flexibility index (Phi) is 6.93. The molecule has 0 heterocycles. The number of benzene rings is 1. The Morgan fingerprint density at radius 3 is 2.31 bits per heavy atom. The molecule has 1 aromatic rings. The molecule has 0 spiro atoms. The van der Waals surface area contributed by atoms with E-state index in [0.29, 0.717) is 0 Å². The van der Waals surface area contributed by atoms with Crippen LogP contribution < -0.4 is 15.2 Å². The zero-order chi connectivity index (χ0) is 11.3. The Morgan fingerprint density at radius 1 is 1.19 bits per heavy atom. The van der Waals surface area contributed by atoms with E-state index in [1.807, 2.05) is 25.1 Å². The second-order valence-electron chi connectivity index (χ2n) is 3.71. The molecule has 16 heavy (non-hydrogen) atoms. The summed E-state index contributed by atoms with van der Waals surface area (Å²) in [6, 6.07) is 6.21. The minimum Gasteiger partial charge on any atom is -0.493 e. The summed E-state index contributed by atoms with van der Waals surface area (Å²) in [6.07, 6.45) is 1.95. The first-order chi connectivity index (χ1) is 7.17. The van der Waals surface area contributed by atoms with Crippen LogP contribution in [0, 0.1) is 0 Å². The first kappa shape index (κ1) is 15.1. The number of rotatable bonds is 5. The Bertz CT molecular complexity index is 316. The zero-order valence-electron chi connectivity index (χ0n) is 10.0. The van der Waals surface area contributed by atoms with Gasteiger partial charge < -0.3 is 15.2 Å². The van der Waals surface area contributed by atoms with Crippen LogP contribution in [0.25, 0.3) is 0 Å². The predicted octanol–water partition coefficient (Wildman–Crippen LogP) is 2.41. The van der Waals surface area contributed by atoms with Crippen molar-refractivity contribution < 1.29 is 9.47 Å². The number of halogens is 1. The number of aryl methyl sites for hydroxylation is 1. The summed E-state index contributed by atoms with van der Waals surface area (Å²) in [4.78, 5) is 0. The Morgan fingerprint density at radius 2 is 1.81 bits per heavy atom. The molecule has 0 radical (unpaired) electrons. The highest BCUT2D eigenvalue weighted by atomic mass is 35.5. The van der Waals surface area contributed by atoms with Gasteiger partial charge >= 0.3 is 0 Å². The lowest BCUT2D eigenvalue weighted by Gasteiger charge is -2.10. The Balaban J connectivity index is 0.00000225. The van der Waals surface area contributed by atoms with Crippen molar-refractivity contribution in [3.63, 3.8) is 0 Å². The molecule has 0 fully saturated rings. The standard InChI is InChI=1S/C12H19NO2.ClH/c1-9(13)4-5-10-6-7-11(14-2)12(8-10)15-3;/h6-9H,4-5,13H2,1-3H3;1H. The quantitative estimate of drug-likeness (QED) is 0.867. The summed E-state index contributed by atoms with van der Waals surface area (Å²) in [7, 11) is 3.28. The van der Waals surface area contributed by atoms with Gasteiger partial charge in [-0.2, -0.15) is 0 Å². The molecule has 2 N–H and O–H groups in total. The van der Waals surface area contributed by atoms with E-state index in [4.69, 9.17) is 15.2 Å². The number of hydrogen-bond acceptors (Lipinski definition) is 3. The molecule has 1 rings (SSSR count). The fraction of sp³-hybridized carbons (Fsp3) is 0.500. The van der Waals surface area contributed by atoms with Crippen molar-refractivity contribution in [1.29, 1.82) is 0 Å². The van der Waals surface area contributed by atoms with E-state index in [0.717, 1.165) is 24.3 Å². The molecule has 0 aliphatic rings. The van der Waals surface area contributed by atoms with Crippen LogP contribution in [0.4, 0.5) is 0 Å². The molecular weight excluding hydrogens is 226 g/mol. The molecule has 3 nitrogen and oxygen atoms in total. The monoisotopic (exact) mass is 245 g/mol. The molecule has 0 aliphatic heterocycles. The Hall–Kier alpha value is -0.930. The second-order valence-corrected chi connectivity index (χ2v) is 3.71. The van der Waals surface area contributed by atoms with Gasteiger partial charge in [0.25, 0.3) is 0 Å². The fourth-order valence-electron chi connectivity index (χ4n) is 1.43. The average Bonchev–Trinajstić information content (AvgIpc) is 2.25. The minimum atomic E-state index is 0. The van der Waals surface area contributed by atoms with Gasteiger partial charge in [0.05, 0.1) is 14.2 Å². The van der Waals surface area contributed by atoms with E-state index in [9.17, 15) is 0 Å². The molecular formula is C12H20ClNO2. The van der Waals surface area contributed by atoms with Crippen molar-refractivity contribution in [2.45, 2.75) is 25.8 Å². The van der Waals surface area contributed by atoms with E-state index >= 15 is 0 Å². The lowest BCUT2D eigenvalue weighted by molar-refractivity contribution is 0.354. The van der Waals surface area contributed by atoms with E-state index < -0.39 is 0 Å². The molecule has 0 saturated carbocycles. The van der Waals surface area contributed by atoms with Crippen LogP contribution in [-0.4, -0.2) is 20.3 Å². The second kappa shape index (κ2) is 7.36. The van der Waals surface area contributed by atoms with Crippen molar-refractivity contribution in [3.8, 4) is 11.5 Å². The lowest BCUT2D eigenvalue weighted by atomic mass is 10.1. The normalized spacial score (nSPS) is 11.5. The third kappa shape index (κ3) is 4.29. The maximum Gasteiger partial charge on any atom is 0.160 e. The SMILES string of the molecule is COc1ccc(CCC(C)N)cc1OC.Cl. The highest BCUT2D eigenvalue weighted by Gasteiger charge is 2.04. The highest BCUT2D eigenvalue weighted by molar-refractivity contribution is 5.85. The van der Waals surface area contributed by atoms with Gasteiger partial charge in [-0.15, -0.1) is 12.4 Å². The number of ether oxygens (including phenoxy) is 2. The van der Waals surface area contributed by atoms with Crippen LogP contribution in [0.1, 0.15) is 18.9 Å². The van der Waals surface area contributed by atoms with Gasteiger partial charge in [-0.1, -0.05) is 6.07 Å². The molecule has 1 aromatic carbocycles. The maximum absolute atomic E-state index is 5.71. The average molecular weight is 246 g/mol. The molecule has 0 aromatic heterocycles. The predicted molar refractivity (Wildman–Crippen MR) is 68.8 cm³/mol. The summed E-state index contributed by atoms with van der Waals surface area (Å²) in [5.74, 6) is 1.54. The third-order valence-electron chi connectivity index (χ3n) is 2.34. The van der Waals surface area contributed by atoms with Gasteiger partial charge in [-0.3, -0.25) is 0 Å². The molecule has 0 bridgehead atoms. The number of hydrogen-bond donors (Lipinski definition) is 1. The van der Waals surface area contributed by atoms with Crippen molar-refractivity contribution in [1.82, 2.24) is 0 Å². The van der Waals surface area contributed by atoms with Crippen molar-refractivity contribution >= 4 is 12.4 Å². The van der Waals surface area contributed by atoms with Gasteiger partial charge in [-0.25, -0.2) is 0 Å². The van der Waals surface area contributed by atoms with Crippen molar-refractivity contribution in [2.75, 3.05) is 14.2 Å². The van der Waals surface area contributed by atoms with Crippen LogP contribution in [0.3, 0.4) is 0 Å². The smallest absolute Gasteiger partial charge is 0.160 e. The van der Waals surface area contributed by atoms with Gasteiger partial charge in [0.1, 0.15) is 0 Å². The molecule has 0 aliphatic carbocycles. The summed E-state index contributed by atoms with van der Waals surface area (Å²) in [5, 5.41) is 0. The van der Waals surface area contributed by atoms with Crippen molar-refractivity contribution in [3.05, 3.63) is 23.8 Å². The van der Waals surface area contributed by atoms with Crippen LogP contribution in [0.15, 0.2) is 18.2 Å². The topological polar surface area (TPSA) is 44.5 Å². The largest absolute Gasteiger partial charge is 0.493 e. The van der Waals surface area contributed by atoms with Gasteiger partial charge in [0.15, 0.2) is 11.5 Å². The molecule has 1 unspecified atom stereocenters. The zero-order valence-corrected chi connectivity index (χ0v) is 10.8. The van der Waals surface area contributed by atoms with E-state index in [2.05, 4.69) is 0 Å². The first-order valence-electron chi connectivity index (χ1n) is 5.14. The highest BCUT2D eigenvalue weighted by Crippen LogP contribution is 2.27. The van der Waals surface area contributed by atoms with E-state index in [1.165, 1.54) is 5.56 Å².